The number of nitrogens with zero attached hydrogens (tertiary/aromatic N) is 1. The molecule has 0 bridgehead atoms. The molecule has 4 heteroatoms. The lowest BCUT2D eigenvalue weighted by atomic mass is 9.85. The molecule has 1 aliphatic heterocycles. The molecule has 0 atom stereocenters. The van der Waals surface area contributed by atoms with Crippen LogP contribution in [0.2, 0.25) is 0 Å². The van der Waals surface area contributed by atoms with Gasteiger partial charge in [0.25, 0.3) is 0 Å². The summed E-state index contributed by atoms with van der Waals surface area (Å²) in [6.07, 6.45) is 4.12. The Morgan fingerprint density at radius 3 is 2.65 bits per heavy atom. The molecule has 1 amide bonds. The first-order valence-corrected chi connectivity index (χ1v) is 6.30. The minimum absolute atomic E-state index is 0.0251. The van der Waals surface area contributed by atoms with Crippen LogP contribution in [-0.2, 0) is 9.53 Å². The van der Waals surface area contributed by atoms with Crippen LogP contribution in [0.3, 0.4) is 0 Å². The average molecular weight is 236 g/mol. The van der Waals surface area contributed by atoms with Crippen molar-refractivity contribution in [2.24, 2.45) is 10.9 Å². The van der Waals surface area contributed by atoms with E-state index < -0.39 is 0 Å². The van der Waals surface area contributed by atoms with Gasteiger partial charge in [-0.2, -0.15) is 0 Å². The van der Waals surface area contributed by atoms with Gasteiger partial charge in [-0.05, 0) is 32.6 Å². The van der Waals surface area contributed by atoms with E-state index in [1.807, 2.05) is 0 Å². The summed E-state index contributed by atoms with van der Waals surface area (Å²) >= 11 is 0. The fourth-order valence-corrected chi connectivity index (χ4v) is 2.39. The molecule has 1 fully saturated rings. The summed E-state index contributed by atoms with van der Waals surface area (Å²) in [6, 6.07) is 0.289. The zero-order valence-corrected chi connectivity index (χ0v) is 10.4. The predicted molar refractivity (Wildman–Crippen MR) is 67.0 cm³/mol. The quantitative estimate of drug-likeness (QED) is 0.758. The third-order valence-corrected chi connectivity index (χ3v) is 3.41. The molecular weight excluding hydrogens is 216 g/mol. The second kappa shape index (κ2) is 5.34. The third-order valence-electron chi connectivity index (χ3n) is 3.41. The van der Waals surface area contributed by atoms with Crippen LogP contribution in [0.25, 0.3) is 0 Å². The summed E-state index contributed by atoms with van der Waals surface area (Å²) in [6.45, 7) is 6.93. The van der Waals surface area contributed by atoms with E-state index in [4.69, 9.17) is 4.74 Å². The van der Waals surface area contributed by atoms with Crippen LogP contribution < -0.4 is 5.32 Å². The maximum Gasteiger partial charge on any atom is 0.246 e. The van der Waals surface area contributed by atoms with Gasteiger partial charge in [0.1, 0.15) is 6.61 Å². The van der Waals surface area contributed by atoms with E-state index in [1.54, 1.807) is 6.92 Å². The van der Waals surface area contributed by atoms with Crippen molar-refractivity contribution in [3.05, 3.63) is 12.2 Å². The van der Waals surface area contributed by atoms with Crippen molar-refractivity contribution in [1.82, 2.24) is 5.32 Å². The Bertz CT molecular complexity index is 341. The summed E-state index contributed by atoms with van der Waals surface area (Å²) in [4.78, 5) is 15.9. The average Bonchev–Trinajstić information content (AvgIpc) is 2.83. The summed E-state index contributed by atoms with van der Waals surface area (Å²) in [5.74, 6) is 1.38. The molecule has 1 N–H and O–H groups in total. The summed E-state index contributed by atoms with van der Waals surface area (Å²) < 4.78 is 5.50. The van der Waals surface area contributed by atoms with Crippen molar-refractivity contribution in [2.75, 3.05) is 13.2 Å². The van der Waals surface area contributed by atoms with Crippen molar-refractivity contribution < 1.29 is 9.53 Å². The Labute approximate surface area is 102 Å². The number of aliphatic imine (C=N–C) groups is 1. The molecule has 2 aliphatic rings. The number of hydrogen-bond donors (Lipinski definition) is 1. The number of carbonyl (C=O) groups excluding carboxylic acids is 1. The van der Waals surface area contributed by atoms with Gasteiger partial charge in [-0.25, -0.2) is 0 Å². The number of nitrogens with one attached hydrogen (secondary N) is 1. The number of ether oxygens (including phenoxy) is 1. The van der Waals surface area contributed by atoms with Gasteiger partial charge in [0.15, 0.2) is 5.90 Å². The monoisotopic (exact) mass is 236 g/mol. The van der Waals surface area contributed by atoms with Gasteiger partial charge in [0.2, 0.25) is 5.91 Å². The maximum atomic E-state index is 11.5. The molecule has 2 rings (SSSR count). The molecule has 0 aromatic rings. The zero-order valence-electron chi connectivity index (χ0n) is 10.4. The first kappa shape index (κ1) is 12.1. The molecule has 0 aromatic carbocycles. The largest absolute Gasteiger partial charge is 0.479 e. The lowest BCUT2D eigenvalue weighted by molar-refractivity contribution is -0.118. The zero-order chi connectivity index (χ0) is 12.3. The fraction of sp³-hybridized carbons (Fsp3) is 0.692. The highest BCUT2D eigenvalue weighted by Gasteiger charge is 2.27. The summed E-state index contributed by atoms with van der Waals surface area (Å²) in [5, 5.41) is 3.01. The Morgan fingerprint density at radius 2 is 2.12 bits per heavy atom. The minimum atomic E-state index is -0.0251. The van der Waals surface area contributed by atoms with Crippen LogP contribution in [0.4, 0.5) is 0 Å². The first-order chi connectivity index (χ1) is 8.16. The summed E-state index contributed by atoms with van der Waals surface area (Å²) in [7, 11) is 0. The Hall–Kier alpha value is -1.32. The molecular formula is C13H20N2O2. The van der Waals surface area contributed by atoms with Gasteiger partial charge in [-0.15, -0.1) is 0 Å². The predicted octanol–water partition coefficient (Wildman–Crippen LogP) is 1.67. The van der Waals surface area contributed by atoms with E-state index in [9.17, 15) is 4.79 Å². The van der Waals surface area contributed by atoms with Crippen molar-refractivity contribution in [2.45, 2.75) is 38.6 Å². The highest BCUT2D eigenvalue weighted by Crippen LogP contribution is 2.27. The number of carbonyl (C=O) groups is 1. The van der Waals surface area contributed by atoms with E-state index in [2.05, 4.69) is 16.9 Å². The molecule has 4 nitrogen and oxygen atoms in total. The minimum Gasteiger partial charge on any atom is -0.479 e. The Morgan fingerprint density at radius 1 is 1.41 bits per heavy atom. The third kappa shape index (κ3) is 3.08. The topological polar surface area (TPSA) is 50.7 Å². The Balaban J connectivity index is 1.78. The van der Waals surface area contributed by atoms with E-state index >= 15 is 0 Å². The number of hydrogen-bond acceptors (Lipinski definition) is 3. The SMILES string of the molecule is C=C(C)C(=O)NC1CCC(C2=NCCO2)CC1. The number of rotatable bonds is 3. The van der Waals surface area contributed by atoms with Crippen LogP contribution in [0.15, 0.2) is 17.1 Å². The van der Waals surface area contributed by atoms with Crippen LogP contribution in [0.1, 0.15) is 32.6 Å². The normalized spacial score (nSPS) is 28.2. The van der Waals surface area contributed by atoms with Gasteiger partial charge in [0, 0.05) is 17.5 Å². The highest BCUT2D eigenvalue weighted by molar-refractivity contribution is 5.92. The number of amides is 1. The molecule has 0 radical (unpaired) electrons. The molecule has 0 saturated heterocycles. The van der Waals surface area contributed by atoms with Gasteiger partial charge in [0.05, 0.1) is 6.54 Å². The molecule has 1 aliphatic carbocycles. The molecule has 17 heavy (non-hydrogen) atoms. The fourth-order valence-electron chi connectivity index (χ4n) is 2.39. The highest BCUT2D eigenvalue weighted by atomic mass is 16.5. The Kier molecular flexibility index (Phi) is 3.82. The van der Waals surface area contributed by atoms with Gasteiger partial charge >= 0.3 is 0 Å². The van der Waals surface area contributed by atoms with Crippen molar-refractivity contribution in [3.8, 4) is 0 Å². The first-order valence-electron chi connectivity index (χ1n) is 6.30. The van der Waals surface area contributed by atoms with Crippen LogP contribution in [0, 0.1) is 5.92 Å². The van der Waals surface area contributed by atoms with Crippen LogP contribution in [-0.4, -0.2) is 31.0 Å². The van der Waals surface area contributed by atoms with E-state index in [-0.39, 0.29) is 11.9 Å². The molecule has 1 saturated carbocycles. The molecule has 0 spiro atoms. The van der Waals surface area contributed by atoms with Crippen LogP contribution >= 0.6 is 0 Å². The van der Waals surface area contributed by atoms with Crippen LogP contribution in [0.5, 0.6) is 0 Å². The maximum absolute atomic E-state index is 11.5. The van der Waals surface area contributed by atoms with Gasteiger partial charge in [-0.3, -0.25) is 9.79 Å². The molecule has 94 valence electrons. The second-order valence-electron chi connectivity index (χ2n) is 4.87. The molecule has 0 unspecified atom stereocenters. The van der Waals surface area contributed by atoms with Crippen molar-refractivity contribution >= 4 is 11.8 Å². The van der Waals surface area contributed by atoms with Gasteiger partial charge < -0.3 is 10.1 Å². The van der Waals surface area contributed by atoms with Crippen molar-refractivity contribution in [1.29, 1.82) is 0 Å². The molecule has 0 aromatic heterocycles. The van der Waals surface area contributed by atoms with E-state index in [0.29, 0.717) is 11.5 Å². The summed E-state index contributed by atoms with van der Waals surface area (Å²) in [5.41, 5.74) is 0.579. The van der Waals surface area contributed by atoms with Crippen molar-refractivity contribution in [3.63, 3.8) is 0 Å². The standard InChI is InChI=1S/C13H20N2O2/c1-9(2)12(16)15-11-5-3-10(4-6-11)13-14-7-8-17-13/h10-11H,1,3-8H2,2H3,(H,15,16). The lowest BCUT2D eigenvalue weighted by Gasteiger charge is -2.28. The lowest BCUT2D eigenvalue weighted by Crippen LogP contribution is -2.39. The molecule has 1 heterocycles. The van der Waals surface area contributed by atoms with E-state index in [1.165, 1.54) is 0 Å². The smallest absolute Gasteiger partial charge is 0.246 e. The van der Waals surface area contributed by atoms with E-state index in [0.717, 1.165) is 44.7 Å². The second-order valence-corrected chi connectivity index (χ2v) is 4.87. The van der Waals surface area contributed by atoms with Gasteiger partial charge in [-0.1, -0.05) is 6.58 Å².